The fraction of sp³-hybridized carbons (Fsp3) is 0.526. The van der Waals surface area contributed by atoms with Crippen molar-refractivity contribution in [2.24, 2.45) is 11.8 Å². The Bertz CT molecular complexity index is 553. The molecule has 0 fully saturated rings. The Morgan fingerprint density at radius 3 is 1.64 bits per heavy atom. The van der Waals surface area contributed by atoms with Crippen LogP contribution in [0.25, 0.3) is 0 Å². The lowest BCUT2D eigenvalue weighted by Gasteiger charge is -2.14. The molecule has 2 aromatic rings. The van der Waals surface area contributed by atoms with Crippen LogP contribution in [-0.2, 0) is 30.5 Å². The molecule has 3 heteroatoms. The predicted molar refractivity (Wildman–Crippen MR) is 86.9 cm³/mol. The highest BCUT2D eigenvalue weighted by atomic mass is 16.3. The monoisotopic (exact) mass is 302 g/mol. The minimum absolute atomic E-state index is 0.0357. The van der Waals surface area contributed by atoms with Crippen molar-refractivity contribution >= 4 is 5.78 Å². The van der Waals surface area contributed by atoms with Gasteiger partial charge in [0.25, 0.3) is 0 Å². The van der Waals surface area contributed by atoms with Gasteiger partial charge in [0.15, 0.2) is 0 Å². The molecule has 3 nitrogen and oxygen atoms in total. The van der Waals surface area contributed by atoms with Crippen molar-refractivity contribution in [2.45, 2.75) is 53.4 Å². The zero-order valence-electron chi connectivity index (χ0n) is 14.0. The first-order valence-electron chi connectivity index (χ1n) is 8.19. The summed E-state index contributed by atoms with van der Waals surface area (Å²) in [5.41, 5.74) is 2.37. The van der Waals surface area contributed by atoms with E-state index in [1.54, 1.807) is 12.5 Å². The van der Waals surface area contributed by atoms with Gasteiger partial charge in [-0.1, -0.05) is 27.7 Å². The number of hydrogen-bond donors (Lipinski definition) is 0. The zero-order valence-corrected chi connectivity index (χ0v) is 14.0. The summed E-state index contributed by atoms with van der Waals surface area (Å²) in [6.07, 6.45) is 6.82. The van der Waals surface area contributed by atoms with E-state index in [0.717, 1.165) is 24.4 Å². The van der Waals surface area contributed by atoms with Crippen molar-refractivity contribution in [3.8, 4) is 0 Å². The minimum Gasteiger partial charge on any atom is -0.469 e. The average molecular weight is 302 g/mol. The number of carbonyl (C=O) groups is 1. The van der Waals surface area contributed by atoms with Crippen LogP contribution in [0.1, 0.15) is 50.3 Å². The fourth-order valence-corrected chi connectivity index (χ4v) is 2.73. The van der Waals surface area contributed by atoms with Gasteiger partial charge < -0.3 is 8.83 Å². The second kappa shape index (κ2) is 7.48. The van der Waals surface area contributed by atoms with Crippen molar-refractivity contribution in [3.05, 3.63) is 47.3 Å². The number of hydrogen-bond acceptors (Lipinski definition) is 3. The lowest BCUT2D eigenvalue weighted by atomic mass is 9.89. The number of aryl methyl sites for hydroxylation is 2. The van der Waals surface area contributed by atoms with Crippen LogP contribution in [0.2, 0.25) is 0 Å². The second-order valence-electron chi connectivity index (χ2n) is 6.16. The SMILES string of the molecule is CCc1coc(CC(C)C(=O)C(C)Cc2cc(CC)co2)c1. The Labute approximate surface area is 132 Å². The molecule has 2 unspecified atom stereocenters. The predicted octanol–water partition coefficient (Wildman–Crippen LogP) is 4.62. The van der Waals surface area contributed by atoms with Crippen LogP contribution in [0.4, 0.5) is 0 Å². The summed E-state index contributed by atoms with van der Waals surface area (Å²) in [6, 6.07) is 4.10. The lowest BCUT2D eigenvalue weighted by molar-refractivity contribution is -0.125. The standard InChI is InChI=1S/C19H26O3/c1-5-15-9-17(21-11-15)7-13(3)19(20)14(4)8-18-10-16(6-2)12-22-18/h9-14H,5-8H2,1-4H3. The van der Waals surface area contributed by atoms with E-state index in [4.69, 9.17) is 8.83 Å². The summed E-state index contributed by atoms with van der Waals surface area (Å²) in [6.45, 7) is 8.15. The highest BCUT2D eigenvalue weighted by Gasteiger charge is 2.22. The summed E-state index contributed by atoms with van der Waals surface area (Å²) in [5, 5.41) is 0. The molecule has 0 aliphatic heterocycles. The van der Waals surface area contributed by atoms with Crippen molar-refractivity contribution in [2.75, 3.05) is 0 Å². The van der Waals surface area contributed by atoms with Gasteiger partial charge in [-0.2, -0.15) is 0 Å². The summed E-state index contributed by atoms with van der Waals surface area (Å²) in [7, 11) is 0. The summed E-state index contributed by atoms with van der Waals surface area (Å²) in [4.78, 5) is 12.5. The summed E-state index contributed by atoms with van der Waals surface area (Å²) >= 11 is 0. The number of Topliss-reactive ketones (excluding diaryl/α,β-unsaturated/α-hetero) is 1. The highest BCUT2D eigenvalue weighted by Crippen LogP contribution is 2.20. The molecule has 0 spiro atoms. The normalized spacial score (nSPS) is 14.0. The highest BCUT2D eigenvalue weighted by molar-refractivity contribution is 5.83. The summed E-state index contributed by atoms with van der Waals surface area (Å²) < 4.78 is 11.0. The molecule has 0 bridgehead atoms. The Morgan fingerprint density at radius 2 is 1.32 bits per heavy atom. The molecule has 0 aromatic carbocycles. The number of rotatable bonds is 8. The zero-order chi connectivity index (χ0) is 16.1. The van der Waals surface area contributed by atoms with Gasteiger partial charge in [0.05, 0.1) is 12.5 Å². The Balaban J connectivity index is 1.91. The Morgan fingerprint density at radius 1 is 0.909 bits per heavy atom. The maximum atomic E-state index is 12.5. The molecule has 0 amide bonds. The molecule has 2 atom stereocenters. The van der Waals surface area contributed by atoms with E-state index in [1.165, 1.54) is 11.1 Å². The molecular formula is C19H26O3. The lowest BCUT2D eigenvalue weighted by Crippen LogP contribution is -2.22. The van der Waals surface area contributed by atoms with Crippen molar-refractivity contribution < 1.29 is 13.6 Å². The van der Waals surface area contributed by atoms with E-state index in [1.807, 2.05) is 13.8 Å². The molecule has 0 radical (unpaired) electrons. The van der Waals surface area contributed by atoms with Gasteiger partial charge in [-0.15, -0.1) is 0 Å². The van der Waals surface area contributed by atoms with E-state index in [0.29, 0.717) is 12.8 Å². The molecular weight excluding hydrogens is 276 g/mol. The molecule has 0 aliphatic carbocycles. The van der Waals surface area contributed by atoms with Crippen LogP contribution in [0.15, 0.2) is 33.5 Å². The topological polar surface area (TPSA) is 43.4 Å². The quantitative estimate of drug-likeness (QED) is 0.714. The van der Waals surface area contributed by atoms with Gasteiger partial charge in [0, 0.05) is 24.7 Å². The van der Waals surface area contributed by atoms with Gasteiger partial charge in [-0.3, -0.25) is 4.79 Å². The number of ketones is 1. The molecule has 2 heterocycles. The van der Waals surface area contributed by atoms with Gasteiger partial charge in [-0.05, 0) is 36.1 Å². The third-order valence-corrected chi connectivity index (χ3v) is 4.22. The van der Waals surface area contributed by atoms with E-state index >= 15 is 0 Å². The first-order valence-corrected chi connectivity index (χ1v) is 8.19. The van der Waals surface area contributed by atoms with Crippen LogP contribution in [0.3, 0.4) is 0 Å². The Kier molecular flexibility index (Phi) is 5.64. The molecule has 0 saturated heterocycles. The molecule has 0 saturated carbocycles. The van der Waals surface area contributed by atoms with E-state index in [-0.39, 0.29) is 17.6 Å². The maximum absolute atomic E-state index is 12.5. The van der Waals surface area contributed by atoms with Gasteiger partial charge in [0.1, 0.15) is 17.3 Å². The van der Waals surface area contributed by atoms with E-state index in [9.17, 15) is 4.79 Å². The largest absolute Gasteiger partial charge is 0.469 e. The van der Waals surface area contributed by atoms with Crippen LogP contribution < -0.4 is 0 Å². The first-order chi connectivity index (χ1) is 10.5. The average Bonchev–Trinajstić information content (AvgIpc) is 3.15. The molecule has 2 rings (SSSR count). The fourth-order valence-electron chi connectivity index (χ4n) is 2.73. The Hall–Kier alpha value is -1.77. The first kappa shape index (κ1) is 16.6. The summed E-state index contributed by atoms with van der Waals surface area (Å²) in [5.74, 6) is 1.99. The number of furan rings is 2. The van der Waals surface area contributed by atoms with Crippen LogP contribution in [0.5, 0.6) is 0 Å². The minimum atomic E-state index is -0.0357. The maximum Gasteiger partial charge on any atom is 0.139 e. The van der Waals surface area contributed by atoms with Gasteiger partial charge in [0.2, 0.25) is 0 Å². The third-order valence-electron chi connectivity index (χ3n) is 4.22. The van der Waals surface area contributed by atoms with E-state index in [2.05, 4.69) is 26.0 Å². The second-order valence-corrected chi connectivity index (χ2v) is 6.16. The van der Waals surface area contributed by atoms with Crippen LogP contribution in [0, 0.1) is 11.8 Å². The molecule has 2 aromatic heterocycles. The molecule has 22 heavy (non-hydrogen) atoms. The van der Waals surface area contributed by atoms with Crippen molar-refractivity contribution in [1.82, 2.24) is 0 Å². The van der Waals surface area contributed by atoms with Crippen LogP contribution >= 0.6 is 0 Å². The van der Waals surface area contributed by atoms with Crippen molar-refractivity contribution in [1.29, 1.82) is 0 Å². The number of carbonyl (C=O) groups excluding carboxylic acids is 1. The van der Waals surface area contributed by atoms with Gasteiger partial charge in [-0.25, -0.2) is 0 Å². The van der Waals surface area contributed by atoms with E-state index < -0.39 is 0 Å². The molecule has 0 N–H and O–H groups in total. The molecule has 120 valence electrons. The van der Waals surface area contributed by atoms with Crippen LogP contribution in [-0.4, -0.2) is 5.78 Å². The third kappa shape index (κ3) is 4.12. The van der Waals surface area contributed by atoms with Gasteiger partial charge >= 0.3 is 0 Å². The smallest absolute Gasteiger partial charge is 0.139 e. The van der Waals surface area contributed by atoms with Crippen molar-refractivity contribution in [3.63, 3.8) is 0 Å². The molecule has 0 aliphatic rings.